The molecule has 80 valence electrons. The quantitative estimate of drug-likeness (QED) is 0.760. The second-order valence-corrected chi connectivity index (χ2v) is 5.91. The summed E-state index contributed by atoms with van der Waals surface area (Å²) in [6, 6.07) is -0.241. The molecule has 14 heavy (non-hydrogen) atoms. The van der Waals surface area contributed by atoms with E-state index in [9.17, 15) is 9.59 Å². The zero-order valence-corrected chi connectivity index (χ0v) is 9.74. The zero-order chi connectivity index (χ0) is 10.8. The van der Waals surface area contributed by atoms with Crippen LogP contribution in [0.4, 0.5) is 0 Å². The fraction of sp³-hybridized carbons (Fsp3) is 0.800. The third-order valence-corrected chi connectivity index (χ3v) is 2.97. The molecule has 0 spiro atoms. The zero-order valence-electron chi connectivity index (χ0n) is 8.92. The molecule has 1 rings (SSSR count). The Hall–Kier alpha value is -0.510. The van der Waals surface area contributed by atoms with E-state index in [2.05, 4.69) is 5.32 Å². The standard InChI is InChI=1S/C10H17NO2S/c1-10(2,3)6-8(12)11-7-4-5-14-9(7)13/h7H,4-6H2,1-3H3,(H,11,12). The lowest BCUT2D eigenvalue weighted by Crippen LogP contribution is -2.38. The summed E-state index contributed by atoms with van der Waals surface area (Å²) in [5.74, 6) is 0.817. The van der Waals surface area contributed by atoms with Gasteiger partial charge in [0.05, 0.1) is 6.04 Å². The van der Waals surface area contributed by atoms with Gasteiger partial charge in [-0.1, -0.05) is 32.5 Å². The number of rotatable bonds is 2. The molecule has 1 amide bonds. The number of hydrogen-bond acceptors (Lipinski definition) is 3. The van der Waals surface area contributed by atoms with E-state index in [-0.39, 0.29) is 22.5 Å². The van der Waals surface area contributed by atoms with Crippen molar-refractivity contribution in [3.05, 3.63) is 0 Å². The molecule has 1 saturated heterocycles. The average molecular weight is 215 g/mol. The normalized spacial score (nSPS) is 22.5. The first-order valence-electron chi connectivity index (χ1n) is 4.84. The highest BCUT2D eigenvalue weighted by Gasteiger charge is 2.27. The molecular weight excluding hydrogens is 198 g/mol. The van der Waals surface area contributed by atoms with Crippen molar-refractivity contribution < 1.29 is 9.59 Å². The van der Waals surface area contributed by atoms with Crippen LogP contribution in [-0.2, 0) is 9.59 Å². The van der Waals surface area contributed by atoms with Crippen molar-refractivity contribution >= 4 is 22.8 Å². The molecular formula is C10H17NO2S. The molecule has 1 unspecified atom stereocenters. The van der Waals surface area contributed by atoms with Gasteiger partial charge in [0.25, 0.3) is 0 Å². The van der Waals surface area contributed by atoms with Crippen molar-refractivity contribution in [1.29, 1.82) is 0 Å². The fourth-order valence-corrected chi connectivity index (χ4v) is 2.29. The summed E-state index contributed by atoms with van der Waals surface area (Å²) in [5, 5.41) is 2.88. The van der Waals surface area contributed by atoms with Crippen LogP contribution in [0.25, 0.3) is 0 Å². The lowest BCUT2D eigenvalue weighted by molar-refractivity contribution is -0.126. The minimum absolute atomic E-state index is 0.0150. The first-order chi connectivity index (χ1) is 6.38. The molecule has 3 nitrogen and oxygen atoms in total. The van der Waals surface area contributed by atoms with E-state index in [4.69, 9.17) is 0 Å². The lowest BCUT2D eigenvalue weighted by Gasteiger charge is -2.18. The molecule has 1 N–H and O–H groups in total. The van der Waals surface area contributed by atoms with Gasteiger partial charge in [-0.05, 0) is 11.8 Å². The van der Waals surface area contributed by atoms with Crippen molar-refractivity contribution in [2.24, 2.45) is 5.41 Å². The van der Waals surface area contributed by atoms with E-state index in [1.807, 2.05) is 20.8 Å². The summed E-state index contributed by atoms with van der Waals surface area (Å²) in [5.41, 5.74) is -0.0150. The van der Waals surface area contributed by atoms with Crippen molar-refractivity contribution in [3.63, 3.8) is 0 Å². The summed E-state index contributed by atoms with van der Waals surface area (Å²) in [6.07, 6.45) is 1.25. The minimum atomic E-state index is -0.241. The predicted molar refractivity (Wildman–Crippen MR) is 58.1 cm³/mol. The Morgan fingerprint density at radius 2 is 2.21 bits per heavy atom. The van der Waals surface area contributed by atoms with Gasteiger partial charge in [0, 0.05) is 12.2 Å². The summed E-state index contributed by atoms with van der Waals surface area (Å²) < 4.78 is 0. The van der Waals surface area contributed by atoms with Gasteiger partial charge in [-0.25, -0.2) is 0 Å². The van der Waals surface area contributed by atoms with Crippen LogP contribution in [0.2, 0.25) is 0 Å². The highest BCUT2D eigenvalue weighted by atomic mass is 32.2. The highest BCUT2D eigenvalue weighted by Crippen LogP contribution is 2.21. The second-order valence-electron chi connectivity index (χ2n) is 4.81. The van der Waals surface area contributed by atoms with Crippen LogP contribution in [-0.4, -0.2) is 22.8 Å². The number of carbonyl (C=O) groups excluding carboxylic acids is 2. The maximum Gasteiger partial charge on any atom is 0.221 e. The molecule has 1 atom stereocenters. The van der Waals surface area contributed by atoms with Crippen LogP contribution in [0, 0.1) is 5.41 Å². The highest BCUT2D eigenvalue weighted by molar-refractivity contribution is 8.14. The summed E-state index contributed by atoms with van der Waals surface area (Å²) in [6.45, 7) is 6.04. The molecule has 4 heteroatoms. The van der Waals surface area contributed by atoms with Gasteiger partial charge in [-0.2, -0.15) is 0 Å². The molecule has 0 radical (unpaired) electrons. The van der Waals surface area contributed by atoms with E-state index >= 15 is 0 Å². The van der Waals surface area contributed by atoms with Gasteiger partial charge in [-0.3, -0.25) is 9.59 Å². The smallest absolute Gasteiger partial charge is 0.221 e. The van der Waals surface area contributed by atoms with E-state index < -0.39 is 0 Å². The summed E-state index contributed by atoms with van der Waals surface area (Å²) >= 11 is 1.31. The monoisotopic (exact) mass is 215 g/mol. The summed E-state index contributed by atoms with van der Waals surface area (Å²) in [4.78, 5) is 22.7. The Morgan fingerprint density at radius 1 is 1.57 bits per heavy atom. The Bertz CT molecular complexity index is 245. The average Bonchev–Trinajstić information content (AvgIpc) is 2.32. The molecule has 0 bridgehead atoms. The Balaban J connectivity index is 2.37. The van der Waals surface area contributed by atoms with E-state index in [0.717, 1.165) is 12.2 Å². The van der Waals surface area contributed by atoms with Gasteiger partial charge in [0.1, 0.15) is 0 Å². The van der Waals surface area contributed by atoms with Crippen LogP contribution in [0.5, 0.6) is 0 Å². The Kier molecular flexibility index (Phi) is 3.59. The van der Waals surface area contributed by atoms with Crippen molar-refractivity contribution in [2.45, 2.75) is 39.7 Å². The second kappa shape index (κ2) is 4.34. The molecule has 1 heterocycles. The first-order valence-corrected chi connectivity index (χ1v) is 5.83. The van der Waals surface area contributed by atoms with Gasteiger partial charge >= 0.3 is 0 Å². The van der Waals surface area contributed by atoms with Crippen LogP contribution in [0.3, 0.4) is 0 Å². The maximum atomic E-state index is 11.5. The molecule has 1 fully saturated rings. The third kappa shape index (κ3) is 3.70. The number of carbonyl (C=O) groups is 2. The van der Waals surface area contributed by atoms with E-state index in [1.165, 1.54) is 11.8 Å². The largest absolute Gasteiger partial charge is 0.345 e. The molecule has 0 aliphatic carbocycles. The number of thioether (sulfide) groups is 1. The van der Waals surface area contributed by atoms with Gasteiger partial charge < -0.3 is 5.32 Å². The summed E-state index contributed by atoms with van der Waals surface area (Å²) in [7, 11) is 0. The molecule has 0 aromatic carbocycles. The van der Waals surface area contributed by atoms with Crippen LogP contribution in [0.15, 0.2) is 0 Å². The Morgan fingerprint density at radius 3 is 2.64 bits per heavy atom. The van der Waals surface area contributed by atoms with Crippen LogP contribution in [0.1, 0.15) is 33.6 Å². The number of nitrogens with one attached hydrogen (secondary N) is 1. The van der Waals surface area contributed by atoms with E-state index in [0.29, 0.717) is 6.42 Å². The predicted octanol–water partition coefficient (Wildman–Crippen LogP) is 1.57. The first kappa shape index (κ1) is 11.6. The molecule has 0 aromatic heterocycles. The van der Waals surface area contributed by atoms with Crippen LogP contribution >= 0.6 is 11.8 Å². The SMILES string of the molecule is CC(C)(C)CC(=O)NC1CCSC1=O. The molecule has 0 aromatic rings. The molecule has 0 saturated carbocycles. The van der Waals surface area contributed by atoms with Crippen molar-refractivity contribution in [1.82, 2.24) is 5.32 Å². The van der Waals surface area contributed by atoms with E-state index in [1.54, 1.807) is 0 Å². The third-order valence-electron chi connectivity index (χ3n) is 1.96. The molecule has 1 aliphatic rings. The topological polar surface area (TPSA) is 46.2 Å². The fourth-order valence-electron chi connectivity index (χ4n) is 1.35. The van der Waals surface area contributed by atoms with Crippen molar-refractivity contribution in [2.75, 3.05) is 5.75 Å². The van der Waals surface area contributed by atoms with Crippen molar-refractivity contribution in [3.8, 4) is 0 Å². The Labute approximate surface area is 89.0 Å². The number of amides is 1. The lowest BCUT2D eigenvalue weighted by atomic mass is 9.92. The minimum Gasteiger partial charge on any atom is -0.345 e. The van der Waals surface area contributed by atoms with Gasteiger partial charge in [0.2, 0.25) is 11.0 Å². The number of hydrogen-bond donors (Lipinski definition) is 1. The maximum absolute atomic E-state index is 11.5. The molecule has 1 aliphatic heterocycles. The van der Waals surface area contributed by atoms with Gasteiger partial charge in [-0.15, -0.1) is 0 Å². The van der Waals surface area contributed by atoms with Crippen LogP contribution < -0.4 is 5.32 Å². The van der Waals surface area contributed by atoms with Gasteiger partial charge in [0.15, 0.2) is 0 Å².